The van der Waals surface area contributed by atoms with Crippen LogP contribution in [-0.4, -0.2) is 33.9 Å². The fraction of sp³-hybridized carbons (Fsp3) is 0.190. The Morgan fingerprint density at radius 1 is 1.12 bits per heavy atom. The molecule has 0 aliphatic heterocycles. The van der Waals surface area contributed by atoms with Crippen LogP contribution >= 0.6 is 0 Å². The van der Waals surface area contributed by atoms with Gasteiger partial charge in [0.1, 0.15) is 0 Å². The number of hydrogen-bond donors (Lipinski definition) is 1. The molecule has 2 aromatic carbocycles. The predicted octanol–water partition coefficient (Wildman–Crippen LogP) is 3.49. The Morgan fingerprint density at radius 2 is 1.85 bits per heavy atom. The highest BCUT2D eigenvalue weighted by Crippen LogP contribution is 2.08. The van der Waals surface area contributed by atoms with Gasteiger partial charge in [-0.2, -0.15) is 0 Å². The van der Waals surface area contributed by atoms with Gasteiger partial charge in [-0.3, -0.25) is 9.59 Å². The zero-order valence-corrected chi connectivity index (χ0v) is 14.7. The Bertz CT molecular complexity index is 977. The van der Waals surface area contributed by atoms with Gasteiger partial charge in [0.25, 0.3) is 11.5 Å². The monoisotopic (exact) mass is 347 g/mol. The molecule has 0 atom stereocenters. The van der Waals surface area contributed by atoms with Crippen molar-refractivity contribution >= 4 is 22.9 Å². The largest absolute Gasteiger partial charge is 0.332 e. The maximum absolute atomic E-state index is 12.8. The highest BCUT2D eigenvalue weighted by molar-refractivity contribution is 5.92. The number of aromatic amines is 1. The minimum atomic E-state index is -0.296. The molecule has 132 valence electrons. The van der Waals surface area contributed by atoms with Crippen molar-refractivity contribution in [3.8, 4) is 0 Å². The normalized spacial score (nSPS) is 11.1. The fourth-order valence-corrected chi connectivity index (χ4v) is 2.76. The Hall–Kier alpha value is -3.21. The van der Waals surface area contributed by atoms with Crippen molar-refractivity contribution in [3.05, 3.63) is 82.4 Å². The van der Waals surface area contributed by atoms with E-state index in [1.54, 1.807) is 29.2 Å². The van der Waals surface area contributed by atoms with E-state index in [1.807, 2.05) is 49.4 Å². The van der Waals surface area contributed by atoms with Gasteiger partial charge in [0.2, 0.25) is 0 Å². The fourth-order valence-electron chi connectivity index (χ4n) is 2.76. The summed E-state index contributed by atoms with van der Waals surface area (Å²) in [5.41, 5.74) is 1.31. The smallest absolute Gasteiger partial charge is 0.290 e. The van der Waals surface area contributed by atoms with Crippen LogP contribution in [0.25, 0.3) is 17.0 Å². The molecule has 5 heteroatoms. The first kappa shape index (κ1) is 17.6. The molecule has 26 heavy (non-hydrogen) atoms. The van der Waals surface area contributed by atoms with Crippen LogP contribution in [0.2, 0.25) is 0 Å². The van der Waals surface area contributed by atoms with Crippen molar-refractivity contribution in [2.45, 2.75) is 13.3 Å². The number of aromatic nitrogens is 2. The molecule has 3 rings (SSSR count). The molecule has 1 N–H and O–H groups in total. The van der Waals surface area contributed by atoms with Crippen LogP contribution in [0.3, 0.4) is 0 Å². The first-order valence-electron chi connectivity index (χ1n) is 8.69. The number of H-pyrrole nitrogens is 1. The van der Waals surface area contributed by atoms with Crippen molar-refractivity contribution in [2.75, 3.05) is 13.1 Å². The lowest BCUT2D eigenvalue weighted by molar-refractivity contribution is 0.0762. The summed E-state index contributed by atoms with van der Waals surface area (Å²) in [6, 6.07) is 16.9. The molecular weight excluding hydrogens is 326 g/mol. The molecule has 0 fully saturated rings. The lowest BCUT2D eigenvalue weighted by Crippen LogP contribution is -2.34. The second kappa shape index (κ2) is 8.25. The summed E-state index contributed by atoms with van der Waals surface area (Å²) < 4.78 is 0. The van der Waals surface area contributed by atoms with Gasteiger partial charge in [0, 0.05) is 13.1 Å². The summed E-state index contributed by atoms with van der Waals surface area (Å²) in [4.78, 5) is 33.7. The zero-order chi connectivity index (χ0) is 18.4. The van der Waals surface area contributed by atoms with Crippen LogP contribution in [0.15, 0.2) is 65.5 Å². The number of rotatable bonds is 6. The van der Waals surface area contributed by atoms with Gasteiger partial charge in [0.05, 0.1) is 10.9 Å². The minimum Gasteiger partial charge on any atom is -0.332 e. The van der Waals surface area contributed by atoms with Gasteiger partial charge in [-0.1, -0.05) is 61.5 Å². The molecule has 0 aliphatic rings. The van der Waals surface area contributed by atoms with Crippen molar-refractivity contribution in [1.29, 1.82) is 0 Å². The van der Waals surface area contributed by atoms with Gasteiger partial charge < -0.3 is 9.88 Å². The lowest BCUT2D eigenvalue weighted by Gasteiger charge is -2.19. The Kier molecular flexibility index (Phi) is 5.59. The van der Waals surface area contributed by atoms with E-state index in [0.717, 1.165) is 12.0 Å². The number of fused-ring (bicyclic) bond motifs is 1. The summed E-state index contributed by atoms with van der Waals surface area (Å²) in [5.74, 6) is -0.192. The topological polar surface area (TPSA) is 66.1 Å². The molecule has 0 unspecified atom stereocenters. The van der Waals surface area contributed by atoms with Gasteiger partial charge in [-0.05, 0) is 24.1 Å². The number of carbonyl (C=O) groups is 1. The highest BCUT2D eigenvalue weighted by Gasteiger charge is 2.17. The minimum absolute atomic E-state index is 0.0789. The second-order valence-corrected chi connectivity index (χ2v) is 6.00. The molecular formula is C21H21N3O2. The summed E-state index contributed by atoms with van der Waals surface area (Å²) in [7, 11) is 0. The summed E-state index contributed by atoms with van der Waals surface area (Å²) in [6.07, 6.45) is 4.75. The van der Waals surface area contributed by atoms with Crippen molar-refractivity contribution in [3.63, 3.8) is 0 Å². The molecule has 1 amide bonds. The summed E-state index contributed by atoms with van der Waals surface area (Å²) in [6.45, 7) is 3.06. The zero-order valence-electron chi connectivity index (χ0n) is 14.7. The molecule has 0 aliphatic carbocycles. The van der Waals surface area contributed by atoms with Crippen LogP contribution in [0.4, 0.5) is 0 Å². The summed E-state index contributed by atoms with van der Waals surface area (Å²) in [5, 5.41) is 0.482. The van der Waals surface area contributed by atoms with E-state index in [-0.39, 0.29) is 17.3 Å². The highest BCUT2D eigenvalue weighted by atomic mass is 16.2. The van der Waals surface area contributed by atoms with Crippen LogP contribution < -0.4 is 5.56 Å². The van der Waals surface area contributed by atoms with Gasteiger partial charge in [0.15, 0.2) is 5.82 Å². The van der Waals surface area contributed by atoms with Crippen LogP contribution in [-0.2, 0) is 0 Å². The molecule has 1 heterocycles. The molecule has 0 radical (unpaired) electrons. The van der Waals surface area contributed by atoms with Crippen LogP contribution in [0.5, 0.6) is 0 Å². The third kappa shape index (κ3) is 4.06. The number of benzene rings is 2. The Balaban J connectivity index is 1.82. The van der Waals surface area contributed by atoms with Crippen LogP contribution in [0, 0.1) is 0 Å². The van der Waals surface area contributed by atoms with E-state index in [4.69, 9.17) is 0 Å². The maximum atomic E-state index is 12.8. The molecule has 1 aromatic heterocycles. The number of carbonyl (C=O) groups excluding carboxylic acids is 1. The van der Waals surface area contributed by atoms with E-state index in [0.29, 0.717) is 24.0 Å². The second-order valence-electron chi connectivity index (χ2n) is 6.00. The average molecular weight is 347 g/mol. The number of para-hydroxylation sites is 1. The number of nitrogens with zero attached hydrogens (tertiary/aromatic N) is 2. The van der Waals surface area contributed by atoms with E-state index in [9.17, 15) is 9.59 Å². The van der Waals surface area contributed by atoms with Gasteiger partial charge in [-0.25, -0.2) is 4.98 Å². The lowest BCUT2D eigenvalue weighted by atomic mass is 10.2. The molecule has 5 nitrogen and oxygen atoms in total. The van der Waals surface area contributed by atoms with E-state index in [1.165, 1.54) is 0 Å². The molecule has 0 spiro atoms. The first-order valence-corrected chi connectivity index (χ1v) is 8.69. The quantitative estimate of drug-likeness (QED) is 0.742. The van der Waals surface area contributed by atoms with E-state index in [2.05, 4.69) is 9.97 Å². The van der Waals surface area contributed by atoms with Crippen molar-refractivity contribution in [1.82, 2.24) is 14.9 Å². The third-order valence-corrected chi connectivity index (χ3v) is 4.03. The maximum Gasteiger partial charge on any atom is 0.290 e. The van der Waals surface area contributed by atoms with Gasteiger partial charge >= 0.3 is 0 Å². The third-order valence-electron chi connectivity index (χ3n) is 4.03. The summed E-state index contributed by atoms with van der Waals surface area (Å²) >= 11 is 0. The number of nitrogens with one attached hydrogen (secondary N) is 1. The van der Waals surface area contributed by atoms with Crippen LogP contribution in [0.1, 0.15) is 29.5 Å². The van der Waals surface area contributed by atoms with E-state index >= 15 is 0 Å². The molecule has 0 saturated heterocycles. The molecule has 0 saturated carbocycles. The number of amides is 1. The van der Waals surface area contributed by atoms with E-state index < -0.39 is 0 Å². The standard InChI is InChI=1S/C21H21N3O2/c1-2-14-24(15-8-11-16-9-4-3-5-10-16)21(26)19-22-18-13-7-6-12-17(18)20(25)23-19/h3-13H,2,14-15H2,1H3,(H,22,23,25). The predicted molar refractivity (Wildman–Crippen MR) is 104 cm³/mol. The SMILES string of the molecule is CCCN(CC=Cc1ccccc1)C(=O)c1nc2ccccc2c(=O)[nH]1. The number of hydrogen-bond acceptors (Lipinski definition) is 3. The molecule has 0 bridgehead atoms. The van der Waals surface area contributed by atoms with Gasteiger partial charge in [-0.15, -0.1) is 0 Å². The van der Waals surface area contributed by atoms with Crippen molar-refractivity contribution in [2.24, 2.45) is 0 Å². The molecule has 3 aromatic rings. The van der Waals surface area contributed by atoms with Crippen molar-refractivity contribution < 1.29 is 4.79 Å². The Morgan fingerprint density at radius 3 is 2.62 bits per heavy atom. The average Bonchev–Trinajstić information content (AvgIpc) is 2.67. The first-order chi connectivity index (χ1) is 12.7. The Labute approximate surface area is 152 Å².